The van der Waals surface area contributed by atoms with E-state index in [0.29, 0.717) is 15.7 Å². The lowest BCUT2D eigenvalue weighted by Gasteiger charge is -2.14. The SMILES string of the molecule is CCCc1nc(SCC(=O)c2ccc(Cl)cc2)nc(OC(=O)N(C)C)c1C. The minimum Gasteiger partial charge on any atom is -0.391 e. The highest BCUT2D eigenvalue weighted by Gasteiger charge is 2.17. The van der Waals surface area contributed by atoms with Gasteiger partial charge in [-0.15, -0.1) is 0 Å². The number of Topliss-reactive ketones (excluding diaryl/α,β-unsaturated/α-hetero) is 1. The van der Waals surface area contributed by atoms with Gasteiger partial charge in [0, 0.05) is 30.2 Å². The second kappa shape index (κ2) is 9.71. The van der Waals surface area contributed by atoms with Crippen molar-refractivity contribution in [2.24, 2.45) is 0 Å². The molecule has 0 radical (unpaired) electrons. The third-order valence-electron chi connectivity index (χ3n) is 3.72. The van der Waals surface area contributed by atoms with Crippen molar-refractivity contribution in [2.75, 3.05) is 19.8 Å². The number of ether oxygens (including phenoxy) is 1. The highest BCUT2D eigenvalue weighted by atomic mass is 35.5. The van der Waals surface area contributed by atoms with Crippen LogP contribution in [0.1, 0.15) is 35.0 Å². The first kappa shape index (κ1) is 21.2. The standard InChI is InChI=1S/C19H22ClN3O3S/c1-5-6-15-12(2)17(26-19(25)23(3)4)22-18(21-15)27-11-16(24)13-7-9-14(20)10-8-13/h7-10H,5-6,11H2,1-4H3. The normalized spacial score (nSPS) is 10.6. The summed E-state index contributed by atoms with van der Waals surface area (Å²) >= 11 is 7.07. The summed E-state index contributed by atoms with van der Waals surface area (Å²) in [4.78, 5) is 34.4. The molecule has 0 spiro atoms. The molecule has 0 aliphatic rings. The summed E-state index contributed by atoms with van der Waals surface area (Å²) in [5.41, 5.74) is 2.13. The van der Waals surface area contributed by atoms with Crippen LogP contribution >= 0.6 is 23.4 Å². The third-order valence-corrected chi connectivity index (χ3v) is 4.82. The maximum absolute atomic E-state index is 12.3. The van der Waals surface area contributed by atoms with Crippen molar-refractivity contribution >= 4 is 35.2 Å². The molecule has 0 saturated carbocycles. The predicted octanol–water partition coefficient (Wildman–Crippen LogP) is 4.43. The van der Waals surface area contributed by atoms with E-state index in [1.807, 2.05) is 13.8 Å². The van der Waals surface area contributed by atoms with Crippen LogP contribution in [0.15, 0.2) is 29.4 Å². The number of carbonyl (C=O) groups is 2. The average molecular weight is 408 g/mol. The lowest BCUT2D eigenvalue weighted by molar-refractivity contribution is 0.102. The molecule has 0 N–H and O–H groups in total. The van der Waals surface area contributed by atoms with Crippen molar-refractivity contribution in [1.29, 1.82) is 0 Å². The summed E-state index contributed by atoms with van der Waals surface area (Å²) in [6.07, 6.45) is 1.12. The molecule has 1 heterocycles. The monoisotopic (exact) mass is 407 g/mol. The van der Waals surface area contributed by atoms with E-state index in [0.717, 1.165) is 24.1 Å². The Hall–Kier alpha value is -2.12. The van der Waals surface area contributed by atoms with Crippen LogP contribution in [-0.4, -0.2) is 46.6 Å². The Morgan fingerprint density at radius 1 is 1.19 bits per heavy atom. The van der Waals surface area contributed by atoms with Crippen LogP contribution in [-0.2, 0) is 6.42 Å². The molecule has 0 aliphatic heterocycles. The van der Waals surface area contributed by atoms with E-state index in [1.54, 1.807) is 38.4 Å². The summed E-state index contributed by atoms with van der Waals surface area (Å²) in [5.74, 6) is 0.357. The smallest absolute Gasteiger partial charge is 0.391 e. The maximum Gasteiger partial charge on any atom is 0.416 e. The van der Waals surface area contributed by atoms with Crippen LogP contribution in [0.25, 0.3) is 0 Å². The number of thioether (sulfide) groups is 1. The second-order valence-corrected chi connectivity index (χ2v) is 7.49. The Labute approximate surface area is 168 Å². The number of nitrogens with zero attached hydrogens (tertiary/aromatic N) is 3. The van der Waals surface area contributed by atoms with E-state index in [2.05, 4.69) is 9.97 Å². The van der Waals surface area contributed by atoms with Gasteiger partial charge in [-0.3, -0.25) is 4.79 Å². The van der Waals surface area contributed by atoms with Crippen molar-refractivity contribution in [1.82, 2.24) is 14.9 Å². The molecule has 0 aliphatic carbocycles. The molecular weight excluding hydrogens is 386 g/mol. The number of aromatic nitrogens is 2. The van der Waals surface area contributed by atoms with E-state index in [9.17, 15) is 9.59 Å². The van der Waals surface area contributed by atoms with E-state index in [-0.39, 0.29) is 17.4 Å². The number of amides is 1. The first-order valence-corrected chi connectivity index (χ1v) is 9.86. The van der Waals surface area contributed by atoms with Gasteiger partial charge >= 0.3 is 6.09 Å². The minimum absolute atomic E-state index is 0.0512. The highest BCUT2D eigenvalue weighted by Crippen LogP contribution is 2.25. The molecule has 0 bridgehead atoms. The molecule has 0 atom stereocenters. The molecule has 2 rings (SSSR count). The molecule has 8 heteroatoms. The molecule has 1 amide bonds. The molecule has 27 heavy (non-hydrogen) atoms. The zero-order chi connectivity index (χ0) is 20.0. The maximum atomic E-state index is 12.3. The summed E-state index contributed by atoms with van der Waals surface area (Å²) in [7, 11) is 3.21. The Balaban J connectivity index is 2.19. The van der Waals surface area contributed by atoms with E-state index in [1.165, 1.54) is 16.7 Å². The minimum atomic E-state index is -0.507. The van der Waals surface area contributed by atoms with Gasteiger partial charge in [-0.05, 0) is 37.6 Å². The molecule has 1 aromatic carbocycles. The van der Waals surface area contributed by atoms with Crippen LogP contribution in [0.3, 0.4) is 0 Å². The van der Waals surface area contributed by atoms with E-state index >= 15 is 0 Å². The third kappa shape index (κ3) is 5.94. The van der Waals surface area contributed by atoms with Gasteiger partial charge in [0.2, 0.25) is 5.88 Å². The number of hydrogen-bond acceptors (Lipinski definition) is 6. The average Bonchev–Trinajstić information content (AvgIpc) is 2.63. The van der Waals surface area contributed by atoms with Gasteiger partial charge in [-0.2, -0.15) is 4.98 Å². The van der Waals surface area contributed by atoms with Gasteiger partial charge < -0.3 is 9.64 Å². The predicted molar refractivity (Wildman–Crippen MR) is 107 cm³/mol. The zero-order valence-electron chi connectivity index (χ0n) is 15.8. The molecule has 6 nitrogen and oxygen atoms in total. The first-order chi connectivity index (χ1) is 12.8. The molecule has 1 aromatic heterocycles. The van der Waals surface area contributed by atoms with Crippen LogP contribution in [0, 0.1) is 6.92 Å². The molecular formula is C19H22ClN3O3S. The molecule has 0 unspecified atom stereocenters. The van der Waals surface area contributed by atoms with Gasteiger partial charge in [0.15, 0.2) is 10.9 Å². The van der Waals surface area contributed by atoms with Crippen LogP contribution in [0.2, 0.25) is 5.02 Å². The summed E-state index contributed by atoms with van der Waals surface area (Å²) in [6, 6.07) is 6.74. The topological polar surface area (TPSA) is 72.4 Å². The number of aryl methyl sites for hydroxylation is 1. The number of rotatable bonds is 7. The first-order valence-electron chi connectivity index (χ1n) is 8.50. The van der Waals surface area contributed by atoms with Crippen molar-refractivity contribution in [3.63, 3.8) is 0 Å². The van der Waals surface area contributed by atoms with E-state index < -0.39 is 6.09 Å². The van der Waals surface area contributed by atoms with Crippen molar-refractivity contribution < 1.29 is 14.3 Å². The summed E-state index contributed by atoms with van der Waals surface area (Å²) in [6.45, 7) is 3.88. The van der Waals surface area contributed by atoms with Crippen molar-refractivity contribution in [3.05, 3.63) is 46.1 Å². The fourth-order valence-electron chi connectivity index (χ4n) is 2.19. The largest absolute Gasteiger partial charge is 0.416 e. The van der Waals surface area contributed by atoms with Crippen LogP contribution in [0.5, 0.6) is 5.88 Å². The van der Waals surface area contributed by atoms with Gasteiger partial charge in [-0.25, -0.2) is 9.78 Å². The Bertz CT molecular complexity index is 826. The fourth-order valence-corrected chi connectivity index (χ4v) is 3.06. The number of halogens is 1. The lowest BCUT2D eigenvalue weighted by atomic mass is 10.1. The Kier molecular flexibility index (Phi) is 7.62. The molecule has 2 aromatic rings. The number of hydrogen-bond donors (Lipinski definition) is 0. The molecule has 0 fully saturated rings. The van der Waals surface area contributed by atoms with Gasteiger partial charge in [0.1, 0.15) is 0 Å². The summed E-state index contributed by atoms with van der Waals surface area (Å²) in [5, 5.41) is 0.991. The second-order valence-electron chi connectivity index (χ2n) is 6.11. The van der Waals surface area contributed by atoms with Gasteiger partial charge in [-0.1, -0.05) is 36.7 Å². The fraction of sp³-hybridized carbons (Fsp3) is 0.368. The van der Waals surface area contributed by atoms with Crippen molar-refractivity contribution in [3.8, 4) is 5.88 Å². The zero-order valence-corrected chi connectivity index (χ0v) is 17.4. The Morgan fingerprint density at radius 2 is 1.85 bits per heavy atom. The van der Waals surface area contributed by atoms with Gasteiger partial charge in [0.25, 0.3) is 0 Å². The molecule has 0 saturated heterocycles. The van der Waals surface area contributed by atoms with Crippen LogP contribution in [0.4, 0.5) is 4.79 Å². The quantitative estimate of drug-likeness (QED) is 0.384. The lowest BCUT2D eigenvalue weighted by Crippen LogP contribution is -2.26. The molecule has 144 valence electrons. The number of benzene rings is 1. The Morgan fingerprint density at radius 3 is 2.44 bits per heavy atom. The number of ketones is 1. The van der Waals surface area contributed by atoms with E-state index in [4.69, 9.17) is 16.3 Å². The van der Waals surface area contributed by atoms with Crippen molar-refractivity contribution in [2.45, 2.75) is 31.8 Å². The van der Waals surface area contributed by atoms with Crippen LogP contribution < -0.4 is 4.74 Å². The highest BCUT2D eigenvalue weighted by molar-refractivity contribution is 7.99. The summed E-state index contributed by atoms with van der Waals surface area (Å²) < 4.78 is 5.36. The number of carbonyl (C=O) groups excluding carboxylic acids is 2. The van der Waals surface area contributed by atoms with Gasteiger partial charge in [0.05, 0.1) is 11.4 Å².